The van der Waals surface area contributed by atoms with Gasteiger partial charge in [-0.25, -0.2) is 0 Å². The van der Waals surface area contributed by atoms with Crippen LogP contribution in [-0.4, -0.2) is 6.54 Å². The summed E-state index contributed by atoms with van der Waals surface area (Å²) < 4.78 is 0. The molecule has 27 heavy (non-hydrogen) atoms. The maximum Gasteiger partial charge on any atom is 0.0245 e. The summed E-state index contributed by atoms with van der Waals surface area (Å²) in [5.41, 5.74) is 8.58. The lowest BCUT2D eigenvalue weighted by molar-refractivity contribution is 0.672. The van der Waals surface area contributed by atoms with Gasteiger partial charge in [0.2, 0.25) is 0 Å². The minimum Gasteiger partial charge on any atom is -0.326 e. The number of thioether (sulfide) groups is 1. The summed E-state index contributed by atoms with van der Waals surface area (Å²) in [6, 6.07) is 0. The number of nitrogens with two attached hydrogens (primary N) is 1. The number of rotatable bonds is 14. The standard InChI is InChI=1S/C24H39NS2/c1-4-6-7-8-12-22(20(3)24(19-25)27-18-5-2)13-10-15-23(26)14-9-11-21-16-17-21/h5,8,12-13,15,18,21,26H,4,6-7,9-11,14,16-17,19,25H2,1-3H3/b12-8+,18-5-,22-13?,23-15-,24-20+. The van der Waals surface area contributed by atoms with Crippen LogP contribution in [0.5, 0.6) is 0 Å². The largest absolute Gasteiger partial charge is 0.326 e. The van der Waals surface area contributed by atoms with E-state index in [1.165, 1.54) is 59.5 Å². The van der Waals surface area contributed by atoms with Crippen LogP contribution in [0.15, 0.2) is 56.7 Å². The topological polar surface area (TPSA) is 26.0 Å². The number of hydrogen-bond donors (Lipinski definition) is 2. The van der Waals surface area contributed by atoms with Crippen molar-refractivity contribution < 1.29 is 0 Å². The predicted octanol–water partition coefficient (Wildman–Crippen LogP) is 7.94. The number of allylic oxidation sites excluding steroid dienone is 8. The Kier molecular flexibility index (Phi) is 13.8. The van der Waals surface area contributed by atoms with E-state index in [1.54, 1.807) is 11.8 Å². The normalized spacial score (nSPS) is 17.2. The second kappa shape index (κ2) is 15.3. The molecule has 0 aromatic heterocycles. The molecule has 0 aromatic rings. The fourth-order valence-corrected chi connectivity index (χ4v) is 3.84. The molecule has 0 bridgehead atoms. The van der Waals surface area contributed by atoms with Crippen LogP contribution in [0.1, 0.15) is 78.6 Å². The molecular weight excluding hydrogens is 366 g/mol. The van der Waals surface area contributed by atoms with Gasteiger partial charge in [0, 0.05) is 11.4 Å². The van der Waals surface area contributed by atoms with Gasteiger partial charge in [0.15, 0.2) is 0 Å². The molecule has 0 radical (unpaired) electrons. The molecule has 0 aromatic carbocycles. The van der Waals surface area contributed by atoms with Crippen molar-refractivity contribution in [2.75, 3.05) is 6.54 Å². The number of hydrogen-bond acceptors (Lipinski definition) is 3. The summed E-state index contributed by atoms with van der Waals surface area (Å²) in [7, 11) is 0. The molecule has 152 valence electrons. The van der Waals surface area contributed by atoms with Crippen LogP contribution in [0.4, 0.5) is 0 Å². The lowest BCUT2D eigenvalue weighted by atomic mass is 10.0. The van der Waals surface area contributed by atoms with Crippen LogP contribution in [0.3, 0.4) is 0 Å². The molecule has 0 aliphatic heterocycles. The van der Waals surface area contributed by atoms with Crippen molar-refractivity contribution in [3.05, 3.63) is 56.7 Å². The van der Waals surface area contributed by atoms with E-state index in [0.29, 0.717) is 6.54 Å². The third-order valence-electron chi connectivity index (χ3n) is 4.84. The summed E-state index contributed by atoms with van der Waals surface area (Å²) in [6.07, 6.45) is 22.4. The number of thiol groups is 1. The van der Waals surface area contributed by atoms with Crippen molar-refractivity contribution in [3.63, 3.8) is 0 Å². The first-order valence-electron chi connectivity index (χ1n) is 10.5. The fraction of sp³-hybridized carbons (Fsp3) is 0.583. The summed E-state index contributed by atoms with van der Waals surface area (Å²) in [5, 5.41) is 2.11. The third-order valence-corrected chi connectivity index (χ3v) is 6.41. The van der Waals surface area contributed by atoms with Crippen LogP contribution in [0, 0.1) is 5.92 Å². The predicted molar refractivity (Wildman–Crippen MR) is 129 cm³/mol. The van der Waals surface area contributed by atoms with Crippen LogP contribution in [0.25, 0.3) is 0 Å². The second-order valence-corrected chi connectivity index (χ2v) is 8.89. The zero-order valence-corrected chi connectivity index (χ0v) is 19.3. The summed E-state index contributed by atoms with van der Waals surface area (Å²) >= 11 is 6.41. The molecule has 1 saturated carbocycles. The van der Waals surface area contributed by atoms with Gasteiger partial charge in [0.1, 0.15) is 0 Å². The van der Waals surface area contributed by atoms with E-state index < -0.39 is 0 Å². The lowest BCUT2D eigenvalue weighted by Gasteiger charge is -2.10. The van der Waals surface area contributed by atoms with Crippen molar-refractivity contribution in [3.8, 4) is 0 Å². The van der Waals surface area contributed by atoms with Crippen LogP contribution in [0.2, 0.25) is 0 Å². The average Bonchev–Trinajstić information content (AvgIpc) is 3.48. The second-order valence-electron chi connectivity index (χ2n) is 7.31. The van der Waals surface area contributed by atoms with Crippen molar-refractivity contribution >= 4 is 24.4 Å². The van der Waals surface area contributed by atoms with Gasteiger partial charge in [-0.1, -0.05) is 69.4 Å². The van der Waals surface area contributed by atoms with Gasteiger partial charge >= 0.3 is 0 Å². The maximum absolute atomic E-state index is 6.00. The fourth-order valence-electron chi connectivity index (χ4n) is 2.88. The molecular formula is C24H39NS2. The summed E-state index contributed by atoms with van der Waals surface area (Å²) in [5.74, 6) is 1.02. The van der Waals surface area contributed by atoms with E-state index in [9.17, 15) is 0 Å². The van der Waals surface area contributed by atoms with E-state index in [1.807, 2.05) is 6.92 Å². The molecule has 0 unspecified atom stereocenters. The molecule has 0 amide bonds. The molecule has 1 aliphatic rings. The Morgan fingerprint density at radius 1 is 1.22 bits per heavy atom. The van der Waals surface area contributed by atoms with E-state index in [0.717, 1.165) is 25.2 Å². The lowest BCUT2D eigenvalue weighted by Crippen LogP contribution is -2.03. The van der Waals surface area contributed by atoms with E-state index in [2.05, 4.69) is 62.3 Å². The van der Waals surface area contributed by atoms with Gasteiger partial charge in [0.05, 0.1) is 0 Å². The van der Waals surface area contributed by atoms with Crippen molar-refractivity contribution in [1.82, 2.24) is 0 Å². The minimum absolute atomic E-state index is 0.579. The van der Waals surface area contributed by atoms with E-state index in [-0.39, 0.29) is 0 Å². The van der Waals surface area contributed by atoms with Crippen LogP contribution >= 0.6 is 24.4 Å². The molecule has 0 saturated heterocycles. The highest BCUT2D eigenvalue weighted by atomic mass is 32.2. The van der Waals surface area contributed by atoms with Gasteiger partial charge in [0.25, 0.3) is 0 Å². The van der Waals surface area contributed by atoms with Gasteiger partial charge < -0.3 is 5.73 Å². The molecule has 0 heterocycles. The smallest absolute Gasteiger partial charge is 0.0245 e. The molecule has 2 N–H and O–H groups in total. The minimum atomic E-state index is 0.579. The molecule has 1 rings (SSSR count). The third kappa shape index (κ3) is 11.7. The van der Waals surface area contributed by atoms with Crippen molar-refractivity contribution in [1.29, 1.82) is 0 Å². The van der Waals surface area contributed by atoms with Gasteiger partial charge in [-0.15, -0.1) is 24.4 Å². The highest BCUT2D eigenvalue weighted by Gasteiger charge is 2.19. The zero-order valence-electron chi connectivity index (χ0n) is 17.5. The Hall–Kier alpha value is -0.640. The summed E-state index contributed by atoms with van der Waals surface area (Å²) in [6.45, 7) is 7.05. The SMILES string of the molecule is C/C=C\S/C(CN)=C(\C)C(=CC/C=C(\S)CCCC1CC1)/C=C/CCCC. The Balaban J connectivity index is 2.76. The van der Waals surface area contributed by atoms with E-state index >= 15 is 0 Å². The zero-order chi connectivity index (χ0) is 19.9. The Bertz CT molecular complexity index is 563. The quantitative estimate of drug-likeness (QED) is 0.174. The highest BCUT2D eigenvalue weighted by Crippen LogP contribution is 2.34. The van der Waals surface area contributed by atoms with E-state index in [4.69, 9.17) is 5.73 Å². The monoisotopic (exact) mass is 405 g/mol. The average molecular weight is 406 g/mol. The first-order valence-corrected chi connectivity index (χ1v) is 11.9. The van der Waals surface area contributed by atoms with Gasteiger partial charge in [-0.05, 0) is 66.9 Å². The van der Waals surface area contributed by atoms with Crippen molar-refractivity contribution in [2.24, 2.45) is 11.7 Å². The van der Waals surface area contributed by atoms with Crippen LogP contribution < -0.4 is 5.73 Å². The van der Waals surface area contributed by atoms with Crippen molar-refractivity contribution in [2.45, 2.75) is 78.6 Å². The Morgan fingerprint density at radius 3 is 2.63 bits per heavy atom. The molecule has 1 aliphatic carbocycles. The summed E-state index contributed by atoms with van der Waals surface area (Å²) in [4.78, 5) is 2.46. The molecule has 1 fully saturated rings. The highest BCUT2D eigenvalue weighted by molar-refractivity contribution is 8.05. The Morgan fingerprint density at radius 2 is 2.00 bits per heavy atom. The first-order chi connectivity index (χ1) is 13.1. The first kappa shape index (κ1) is 24.4. The number of unbranched alkanes of at least 4 members (excludes halogenated alkanes) is 2. The maximum atomic E-state index is 6.00. The molecule has 0 atom stereocenters. The van der Waals surface area contributed by atoms with Gasteiger partial charge in [-0.2, -0.15) is 0 Å². The molecule has 0 spiro atoms. The Labute approximate surface area is 177 Å². The van der Waals surface area contributed by atoms with Gasteiger partial charge in [-0.3, -0.25) is 0 Å². The van der Waals surface area contributed by atoms with Crippen LogP contribution in [-0.2, 0) is 0 Å². The molecule has 1 nitrogen and oxygen atoms in total. The molecule has 3 heteroatoms.